The van der Waals surface area contributed by atoms with E-state index in [1.165, 1.54) is 6.42 Å². The number of hydrogen-bond donors (Lipinski definition) is 4. The van der Waals surface area contributed by atoms with Gasteiger partial charge >= 0.3 is 0 Å². The van der Waals surface area contributed by atoms with E-state index in [0.717, 1.165) is 28.7 Å². The van der Waals surface area contributed by atoms with Crippen LogP contribution in [0.1, 0.15) is 68.1 Å². The van der Waals surface area contributed by atoms with Crippen LogP contribution in [0.15, 0.2) is 72.8 Å². The second kappa shape index (κ2) is 15.7. The minimum absolute atomic E-state index is 0.0437. The molecule has 1 saturated heterocycles. The summed E-state index contributed by atoms with van der Waals surface area (Å²) in [6, 6.07) is 22.2. The highest BCUT2D eigenvalue weighted by Gasteiger charge is 2.57. The summed E-state index contributed by atoms with van der Waals surface area (Å²) in [6.07, 6.45) is 0.498. The number of aliphatic hydroxyl groups excluding tert-OH is 2. The van der Waals surface area contributed by atoms with Gasteiger partial charge in [0.2, 0.25) is 5.91 Å². The van der Waals surface area contributed by atoms with Crippen LogP contribution in [-0.4, -0.2) is 90.6 Å². The van der Waals surface area contributed by atoms with Crippen molar-refractivity contribution in [1.29, 1.82) is 0 Å². The molecule has 9 atom stereocenters. The van der Waals surface area contributed by atoms with Crippen LogP contribution >= 0.6 is 0 Å². The first-order chi connectivity index (χ1) is 24.8. The SMILES string of the molecule is COc1c(CN2O[C@@H](CO)[C@H]([C@H](C)O)[C@H]2C(=O)N[C@H]2C[C@@H]3C[C@H]([C@@H]2C)C3(C)C)cccc1-c1cccc(C(=O)N[C@H](CN(C)C)c2ccccc2)c1. The van der Waals surface area contributed by atoms with Gasteiger partial charge in [-0.25, -0.2) is 0 Å². The topological polar surface area (TPSA) is 124 Å². The van der Waals surface area contributed by atoms with E-state index < -0.39 is 24.2 Å². The number of carbonyl (C=O) groups is 2. The van der Waals surface area contributed by atoms with Crippen molar-refractivity contribution in [2.45, 2.75) is 77.4 Å². The number of rotatable bonds is 13. The lowest BCUT2D eigenvalue weighted by molar-refractivity contribution is -0.183. The minimum Gasteiger partial charge on any atom is -0.496 e. The fourth-order valence-electron chi connectivity index (χ4n) is 9.18. The molecule has 0 aromatic heterocycles. The molecule has 4 fully saturated rings. The number of methoxy groups -OCH3 is 1. The molecule has 7 rings (SSSR count). The normalized spacial score (nSPS) is 27.8. The first-order valence-electron chi connectivity index (χ1n) is 18.6. The largest absolute Gasteiger partial charge is 0.496 e. The van der Waals surface area contributed by atoms with Crippen LogP contribution in [0, 0.1) is 29.1 Å². The number of aliphatic hydroxyl groups is 2. The molecule has 0 unspecified atom stereocenters. The van der Waals surface area contributed by atoms with Crippen LogP contribution in [0.25, 0.3) is 11.1 Å². The van der Waals surface area contributed by atoms with Crippen molar-refractivity contribution < 1.29 is 29.4 Å². The Morgan fingerprint density at radius 3 is 2.42 bits per heavy atom. The molecule has 0 radical (unpaired) electrons. The van der Waals surface area contributed by atoms with Gasteiger partial charge in [0.15, 0.2) is 0 Å². The number of nitrogens with one attached hydrogen (secondary N) is 2. The second-order valence-electron chi connectivity index (χ2n) is 16.0. The molecule has 3 saturated carbocycles. The van der Waals surface area contributed by atoms with Crippen molar-refractivity contribution in [1.82, 2.24) is 20.6 Å². The molecule has 2 bridgehead atoms. The highest BCUT2D eigenvalue weighted by atomic mass is 16.7. The zero-order valence-electron chi connectivity index (χ0n) is 31.6. The highest BCUT2D eigenvalue weighted by molar-refractivity contribution is 5.96. The van der Waals surface area contributed by atoms with Crippen LogP contribution in [0.2, 0.25) is 0 Å². The third kappa shape index (κ3) is 7.50. The number of ether oxygens (including phenoxy) is 1. The zero-order chi connectivity index (χ0) is 37.3. The summed E-state index contributed by atoms with van der Waals surface area (Å²) in [4.78, 5) is 36.1. The van der Waals surface area contributed by atoms with Crippen molar-refractivity contribution in [3.63, 3.8) is 0 Å². The number of para-hydroxylation sites is 1. The molecule has 0 spiro atoms. The number of amides is 2. The summed E-state index contributed by atoms with van der Waals surface area (Å²) in [5.74, 6) is 1.05. The number of nitrogens with zero attached hydrogens (tertiary/aromatic N) is 2. The molecular formula is C42H56N4O6. The quantitative estimate of drug-likeness (QED) is 0.194. The standard InChI is InChI=1S/C42H56N4O6/c1-25-33-20-31(42(33,3)4)21-34(25)43-41(50)38-37(26(2)48)36(24-47)52-46(38)22-30-17-12-18-32(39(30)51-7)28-15-11-16-29(19-28)40(49)44-35(23-45(5)6)27-13-9-8-10-14-27/h8-19,25-26,31,33-38,47-48H,20-24H2,1-7H3,(H,43,50)(H,44,49)/t25-,26-,31-,33+,34-,35+,36-,37-,38-/m0/s1. The zero-order valence-corrected chi connectivity index (χ0v) is 31.6. The Morgan fingerprint density at radius 1 is 1.06 bits per heavy atom. The van der Waals surface area contributed by atoms with Gasteiger partial charge in [0.1, 0.15) is 17.9 Å². The number of hydrogen-bond acceptors (Lipinski definition) is 8. The molecule has 3 aromatic rings. The average molecular weight is 713 g/mol. The monoisotopic (exact) mass is 712 g/mol. The summed E-state index contributed by atoms with van der Waals surface area (Å²) in [7, 11) is 5.57. The predicted octanol–water partition coefficient (Wildman–Crippen LogP) is 5.06. The van der Waals surface area contributed by atoms with Crippen molar-refractivity contribution in [2.75, 3.05) is 34.4 Å². The van der Waals surface area contributed by atoms with Crippen molar-refractivity contribution in [2.24, 2.45) is 29.1 Å². The van der Waals surface area contributed by atoms with E-state index in [4.69, 9.17) is 9.57 Å². The van der Waals surface area contributed by atoms with Crippen molar-refractivity contribution in [3.8, 4) is 16.9 Å². The maximum atomic E-state index is 14.2. The van der Waals surface area contributed by atoms with Crippen LogP contribution < -0.4 is 15.4 Å². The van der Waals surface area contributed by atoms with E-state index in [9.17, 15) is 19.8 Å². The van der Waals surface area contributed by atoms with E-state index in [2.05, 4.69) is 36.3 Å². The smallest absolute Gasteiger partial charge is 0.251 e. The molecule has 52 heavy (non-hydrogen) atoms. The van der Waals surface area contributed by atoms with Crippen molar-refractivity contribution in [3.05, 3.63) is 89.5 Å². The molecule has 4 aliphatic rings. The number of likely N-dealkylation sites (N-methyl/N-ethyl adjacent to an activating group) is 1. The van der Waals surface area contributed by atoms with Gasteiger partial charge in [0.25, 0.3) is 5.91 Å². The Morgan fingerprint density at radius 2 is 1.79 bits per heavy atom. The fraction of sp³-hybridized carbons (Fsp3) is 0.524. The van der Waals surface area contributed by atoms with Crippen LogP contribution in [-0.2, 0) is 16.2 Å². The Bertz CT molecular complexity index is 1710. The van der Waals surface area contributed by atoms with E-state index in [1.807, 2.05) is 80.8 Å². The third-order valence-electron chi connectivity index (χ3n) is 12.2. The van der Waals surface area contributed by atoms with E-state index in [-0.39, 0.29) is 42.5 Å². The maximum absolute atomic E-state index is 14.2. The summed E-state index contributed by atoms with van der Waals surface area (Å²) in [6.45, 7) is 9.05. The van der Waals surface area contributed by atoms with Gasteiger partial charge in [0, 0.05) is 35.2 Å². The molecular weight excluding hydrogens is 656 g/mol. The Labute approximate surface area is 308 Å². The lowest BCUT2D eigenvalue weighted by atomic mass is 9.45. The minimum atomic E-state index is -0.893. The van der Waals surface area contributed by atoms with Gasteiger partial charge < -0.3 is 30.5 Å². The fourth-order valence-corrected chi connectivity index (χ4v) is 9.18. The molecule has 10 heteroatoms. The summed E-state index contributed by atoms with van der Waals surface area (Å²) >= 11 is 0. The molecule has 1 aliphatic heterocycles. The molecule has 3 aromatic carbocycles. The third-order valence-corrected chi connectivity index (χ3v) is 12.2. The Balaban J connectivity index is 1.24. The molecule has 280 valence electrons. The van der Waals surface area contributed by atoms with Crippen molar-refractivity contribution >= 4 is 11.8 Å². The first kappa shape index (κ1) is 37.9. The van der Waals surface area contributed by atoms with Crippen LogP contribution in [0.5, 0.6) is 5.75 Å². The summed E-state index contributed by atoms with van der Waals surface area (Å²) in [5.41, 5.74) is 4.18. The van der Waals surface area contributed by atoms with E-state index in [1.54, 1.807) is 25.2 Å². The van der Waals surface area contributed by atoms with Crippen LogP contribution in [0.4, 0.5) is 0 Å². The molecule has 1 heterocycles. The summed E-state index contributed by atoms with van der Waals surface area (Å²) < 4.78 is 6.01. The lowest BCUT2D eigenvalue weighted by Crippen LogP contribution is -2.62. The van der Waals surface area contributed by atoms with Gasteiger partial charge in [-0.1, -0.05) is 81.4 Å². The van der Waals surface area contributed by atoms with Gasteiger partial charge in [-0.2, -0.15) is 5.06 Å². The summed E-state index contributed by atoms with van der Waals surface area (Å²) in [5, 5.41) is 29.4. The highest BCUT2D eigenvalue weighted by Crippen LogP contribution is 2.61. The Hall–Kier alpha value is -3.80. The van der Waals surface area contributed by atoms with Gasteiger partial charge in [0.05, 0.1) is 32.4 Å². The van der Waals surface area contributed by atoms with E-state index in [0.29, 0.717) is 35.6 Å². The second-order valence-corrected chi connectivity index (χ2v) is 16.0. The van der Waals surface area contributed by atoms with Gasteiger partial charge in [-0.3, -0.25) is 14.4 Å². The predicted molar refractivity (Wildman–Crippen MR) is 201 cm³/mol. The number of hydroxylamine groups is 2. The van der Waals surface area contributed by atoms with Crippen LogP contribution in [0.3, 0.4) is 0 Å². The first-order valence-corrected chi connectivity index (χ1v) is 18.6. The van der Waals surface area contributed by atoms with Gasteiger partial charge in [-0.05, 0) is 80.3 Å². The number of benzene rings is 3. The number of fused-ring (bicyclic) bond motifs is 2. The molecule has 2 amide bonds. The molecule has 4 N–H and O–H groups in total. The maximum Gasteiger partial charge on any atom is 0.251 e. The number of carbonyl (C=O) groups excluding carboxylic acids is 2. The average Bonchev–Trinajstić information content (AvgIpc) is 3.50. The van der Waals surface area contributed by atoms with Gasteiger partial charge in [-0.15, -0.1) is 0 Å². The Kier molecular flexibility index (Phi) is 11.4. The lowest BCUT2D eigenvalue weighted by Gasteiger charge is -2.62. The van der Waals surface area contributed by atoms with E-state index >= 15 is 0 Å². The molecule has 10 nitrogen and oxygen atoms in total. The molecule has 3 aliphatic carbocycles.